The number of furan rings is 1. The Balaban J connectivity index is 2.01. The van der Waals surface area contributed by atoms with Crippen molar-refractivity contribution in [1.29, 1.82) is 0 Å². The lowest BCUT2D eigenvalue weighted by Crippen LogP contribution is -2.44. The van der Waals surface area contributed by atoms with Gasteiger partial charge in [0.25, 0.3) is 5.91 Å². The fourth-order valence-electron chi connectivity index (χ4n) is 2.74. The summed E-state index contributed by atoms with van der Waals surface area (Å²) in [5, 5.41) is 0. The van der Waals surface area contributed by atoms with Gasteiger partial charge in [0.2, 0.25) is 0 Å². The number of aryl methyl sites for hydroxylation is 1. The minimum absolute atomic E-state index is 0.303. The maximum Gasteiger partial charge on any atom is 0.268 e. The van der Waals surface area contributed by atoms with Crippen LogP contribution in [0.5, 0.6) is 0 Å². The average Bonchev–Trinajstić information content (AvgIpc) is 2.79. The van der Waals surface area contributed by atoms with Crippen molar-refractivity contribution in [2.75, 3.05) is 27.2 Å². The SMILES string of the molecule is Cc1oc(CN2CCCC(N(C)C)C2)cc1C(=O)NN. The monoisotopic (exact) mass is 280 g/mol. The molecule has 0 aliphatic carbocycles. The molecule has 1 unspecified atom stereocenters. The second-order valence-electron chi connectivity index (χ2n) is 5.65. The standard InChI is InChI=1S/C14H24N4O2/c1-10-13(14(19)16-15)7-12(20-10)9-18-6-4-5-11(8-18)17(2)3/h7,11H,4-6,8-9,15H2,1-3H3,(H,16,19). The van der Waals surface area contributed by atoms with Gasteiger partial charge in [0, 0.05) is 12.6 Å². The number of rotatable bonds is 4. The molecule has 1 amide bonds. The zero-order valence-corrected chi connectivity index (χ0v) is 12.5. The van der Waals surface area contributed by atoms with Gasteiger partial charge in [0.1, 0.15) is 11.5 Å². The Morgan fingerprint density at radius 1 is 1.60 bits per heavy atom. The van der Waals surface area contributed by atoms with E-state index in [1.54, 1.807) is 13.0 Å². The third-order valence-electron chi connectivity index (χ3n) is 3.93. The van der Waals surface area contributed by atoms with E-state index in [4.69, 9.17) is 10.3 Å². The van der Waals surface area contributed by atoms with E-state index in [2.05, 4.69) is 29.3 Å². The molecular formula is C14H24N4O2. The molecule has 2 rings (SSSR count). The lowest BCUT2D eigenvalue weighted by atomic mass is 10.0. The van der Waals surface area contributed by atoms with Gasteiger partial charge in [0.05, 0.1) is 12.1 Å². The Morgan fingerprint density at radius 3 is 3.00 bits per heavy atom. The second-order valence-corrected chi connectivity index (χ2v) is 5.65. The predicted molar refractivity (Wildman–Crippen MR) is 77.1 cm³/mol. The van der Waals surface area contributed by atoms with Gasteiger partial charge < -0.3 is 9.32 Å². The molecule has 1 aromatic rings. The number of hydrogen-bond acceptors (Lipinski definition) is 5. The minimum Gasteiger partial charge on any atom is -0.464 e. The molecule has 20 heavy (non-hydrogen) atoms. The maximum absolute atomic E-state index is 11.6. The van der Waals surface area contributed by atoms with Crippen molar-refractivity contribution in [3.8, 4) is 0 Å². The van der Waals surface area contributed by atoms with Gasteiger partial charge in [-0.15, -0.1) is 0 Å². The van der Waals surface area contributed by atoms with Crippen molar-refractivity contribution in [2.24, 2.45) is 5.84 Å². The highest BCUT2D eigenvalue weighted by Crippen LogP contribution is 2.20. The molecule has 0 spiro atoms. The van der Waals surface area contributed by atoms with E-state index in [0.717, 1.165) is 25.4 Å². The van der Waals surface area contributed by atoms with Crippen molar-refractivity contribution in [2.45, 2.75) is 32.4 Å². The van der Waals surface area contributed by atoms with E-state index >= 15 is 0 Å². The summed E-state index contributed by atoms with van der Waals surface area (Å²) in [4.78, 5) is 16.2. The third-order valence-corrected chi connectivity index (χ3v) is 3.93. The first-order valence-corrected chi connectivity index (χ1v) is 7.00. The molecule has 3 N–H and O–H groups in total. The number of nitrogens with zero attached hydrogens (tertiary/aromatic N) is 2. The zero-order chi connectivity index (χ0) is 14.7. The van der Waals surface area contributed by atoms with Gasteiger partial charge >= 0.3 is 0 Å². The average molecular weight is 280 g/mol. The molecule has 1 aliphatic heterocycles. The van der Waals surface area contributed by atoms with Crippen LogP contribution < -0.4 is 11.3 Å². The first-order chi connectivity index (χ1) is 9.51. The highest BCUT2D eigenvalue weighted by atomic mass is 16.3. The Labute approximate surface area is 119 Å². The molecule has 1 atom stereocenters. The van der Waals surface area contributed by atoms with Crippen LogP contribution in [0.4, 0.5) is 0 Å². The molecule has 6 heteroatoms. The topological polar surface area (TPSA) is 74.7 Å². The number of amides is 1. The molecular weight excluding hydrogens is 256 g/mol. The lowest BCUT2D eigenvalue weighted by molar-refractivity contribution is 0.0952. The number of carbonyl (C=O) groups excluding carboxylic acids is 1. The van der Waals surface area contributed by atoms with Crippen LogP contribution in [0.25, 0.3) is 0 Å². The van der Waals surface area contributed by atoms with Crippen molar-refractivity contribution in [3.63, 3.8) is 0 Å². The van der Waals surface area contributed by atoms with Crippen LogP contribution in [0.1, 0.15) is 34.7 Å². The normalized spacial score (nSPS) is 20.4. The number of nitrogen functional groups attached to an aromatic ring is 1. The molecule has 6 nitrogen and oxygen atoms in total. The lowest BCUT2D eigenvalue weighted by Gasteiger charge is -2.35. The fraction of sp³-hybridized carbons (Fsp3) is 0.643. The van der Waals surface area contributed by atoms with E-state index in [1.807, 2.05) is 0 Å². The van der Waals surface area contributed by atoms with Crippen molar-refractivity contribution in [3.05, 3.63) is 23.2 Å². The first kappa shape index (κ1) is 15.0. The summed E-state index contributed by atoms with van der Waals surface area (Å²) in [7, 11) is 4.24. The molecule has 0 saturated carbocycles. The van der Waals surface area contributed by atoms with Gasteiger partial charge in [-0.3, -0.25) is 15.1 Å². The molecule has 0 aromatic carbocycles. The molecule has 112 valence electrons. The quantitative estimate of drug-likeness (QED) is 0.483. The van der Waals surface area contributed by atoms with Gasteiger partial charge in [-0.05, 0) is 46.5 Å². The predicted octanol–water partition coefficient (Wildman–Crippen LogP) is 0.718. The van der Waals surface area contributed by atoms with Gasteiger partial charge in [-0.25, -0.2) is 5.84 Å². The number of likely N-dealkylation sites (tertiary alicyclic amines) is 1. The van der Waals surface area contributed by atoms with E-state index in [1.165, 1.54) is 12.8 Å². The van der Waals surface area contributed by atoms with Crippen LogP contribution in [0.3, 0.4) is 0 Å². The molecule has 1 fully saturated rings. The summed E-state index contributed by atoms with van der Waals surface area (Å²) in [6.45, 7) is 4.63. The third kappa shape index (κ3) is 3.39. The number of piperidine rings is 1. The van der Waals surface area contributed by atoms with Gasteiger partial charge in [-0.2, -0.15) is 0 Å². The number of carbonyl (C=O) groups is 1. The number of likely N-dealkylation sites (N-methyl/N-ethyl adjacent to an activating group) is 1. The number of nitrogens with one attached hydrogen (secondary N) is 1. The van der Waals surface area contributed by atoms with Crippen molar-refractivity contribution < 1.29 is 9.21 Å². The fourth-order valence-corrected chi connectivity index (χ4v) is 2.74. The molecule has 0 radical (unpaired) electrons. The van der Waals surface area contributed by atoms with Crippen LogP contribution in [0.15, 0.2) is 10.5 Å². The summed E-state index contributed by atoms with van der Waals surface area (Å²) in [5.74, 6) is 6.29. The molecule has 1 aromatic heterocycles. The van der Waals surface area contributed by atoms with Gasteiger partial charge in [-0.1, -0.05) is 0 Å². The highest BCUT2D eigenvalue weighted by molar-refractivity contribution is 5.94. The second kappa shape index (κ2) is 6.39. The number of hydrogen-bond donors (Lipinski definition) is 2. The first-order valence-electron chi connectivity index (χ1n) is 7.00. The van der Waals surface area contributed by atoms with E-state index in [9.17, 15) is 4.79 Å². The Hall–Kier alpha value is -1.37. The van der Waals surface area contributed by atoms with Crippen LogP contribution in [0.2, 0.25) is 0 Å². The Bertz CT molecular complexity index is 470. The van der Waals surface area contributed by atoms with E-state index in [0.29, 0.717) is 17.4 Å². The van der Waals surface area contributed by atoms with Crippen molar-refractivity contribution in [1.82, 2.24) is 15.2 Å². The van der Waals surface area contributed by atoms with Crippen LogP contribution in [0, 0.1) is 6.92 Å². The van der Waals surface area contributed by atoms with Crippen LogP contribution in [-0.2, 0) is 6.54 Å². The minimum atomic E-state index is -0.303. The van der Waals surface area contributed by atoms with E-state index in [-0.39, 0.29) is 5.91 Å². The van der Waals surface area contributed by atoms with Crippen LogP contribution >= 0.6 is 0 Å². The van der Waals surface area contributed by atoms with Crippen LogP contribution in [-0.4, -0.2) is 48.9 Å². The number of nitrogens with two attached hydrogens (primary N) is 1. The molecule has 1 saturated heterocycles. The van der Waals surface area contributed by atoms with Gasteiger partial charge in [0.15, 0.2) is 0 Å². The Kier molecular flexibility index (Phi) is 4.80. The number of hydrazine groups is 1. The van der Waals surface area contributed by atoms with Crippen molar-refractivity contribution >= 4 is 5.91 Å². The molecule has 2 heterocycles. The summed E-state index contributed by atoms with van der Waals surface area (Å²) in [6.07, 6.45) is 2.43. The molecule has 0 bridgehead atoms. The summed E-state index contributed by atoms with van der Waals surface area (Å²) < 4.78 is 5.66. The summed E-state index contributed by atoms with van der Waals surface area (Å²) in [5.41, 5.74) is 2.66. The smallest absolute Gasteiger partial charge is 0.268 e. The van der Waals surface area contributed by atoms with E-state index < -0.39 is 0 Å². The highest BCUT2D eigenvalue weighted by Gasteiger charge is 2.23. The maximum atomic E-state index is 11.6. The summed E-state index contributed by atoms with van der Waals surface area (Å²) in [6, 6.07) is 2.38. The zero-order valence-electron chi connectivity index (χ0n) is 12.5. The summed E-state index contributed by atoms with van der Waals surface area (Å²) >= 11 is 0. The molecule has 1 aliphatic rings. The largest absolute Gasteiger partial charge is 0.464 e. The Morgan fingerprint density at radius 2 is 2.35 bits per heavy atom.